The van der Waals surface area contributed by atoms with Crippen LogP contribution in [0.5, 0.6) is 0 Å². The van der Waals surface area contributed by atoms with E-state index >= 15 is 0 Å². The molecule has 5 heteroatoms. The summed E-state index contributed by atoms with van der Waals surface area (Å²) in [5, 5.41) is 14.7. The summed E-state index contributed by atoms with van der Waals surface area (Å²) in [4.78, 5) is 7.29. The second-order valence-corrected chi connectivity index (χ2v) is 7.38. The molecule has 0 spiro atoms. The van der Waals surface area contributed by atoms with Crippen LogP contribution >= 0.6 is 0 Å². The molecule has 0 amide bonds. The lowest BCUT2D eigenvalue weighted by molar-refractivity contribution is 0.169. The summed E-state index contributed by atoms with van der Waals surface area (Å²) in [7, 11) is 0. The number of anilines is 1. The number of aliphatic hydroxyl groups is 1. The third-order valence-electron chi connectivity index (χ3n) is 5.35. The number of hydrogen-bond donors (Lipinski definition) is 2. The molecule has 2 N–H and O–H groups in total. The molecule has 0 radical (unpaired) electrons. The molecule has 0 aliphatic carbocycles. The molecule has 3 aromatic rings. The Morgan fingerprint density at radius 2 is 1.79 bits per heavy atom. The van der Waals surface area contributed by atoms with Gasteiger partial charge in [-0.3, -0.25) is 0 Å². The molecule has 0 saturated carbocycles. The van der Waals surface area contributed by atoms with E-state index in [1.54, 1.807) is 18.2 Å². The van der Waals surface area contributed by atoms with Crippen LogP contribution in [0, 0.1) is 5.82 Å². The Bertz CT molecular complexity index is 940. The third-order valence-corrected chi connectivity index (χ3v) is 5.35. The normalized spacial score (nSPS) is 15.7. The summed E-state index contributed by atoms with van der Waals surface area (Å²) in [6.07, 6.45) is 2.76. The number of para-hydroxylation sites is 1. The van der Waals surface area contributed by atoms with Crippen LogP contribution in [0.4, 0.5) is 10.2 Å². The lowest BCUT2D eigenvalue weighted by Crippen LogP contribution is -2.32. The Balaban J connectivity index is 1.52. The van der Waals surface area contributed by atoms with Gasteiger partial charge in [0.25, 0.3) is 0 Å². The van der Waals surface area contributed by atoms with Crippen LogP contribution in [-0.2, 0) is 6.54 Å². The summed E-state index contributed by atoms with van der Waals surface area (Å²) >= 11 is 0. The molecule has 1 aliphatic heterocycles. The topological polar surface area (TPSA) is 48.4 Å². The summed E-state index contributed by atoms with van der Waals surface area (Å²) in [6.45, 7) is 2.91. The molecule has 1 fully saturated rings. The van der Waals surface area contributed by atoms with Crippen LogP contribution in [0.15, 0.2) is 54.6 Å². The highest BCUT2D eigenvalue weighted by atomic mass is 19.1. The van der Waals surface area contributed by atoms with Crippen molar-refractivity contribution in [2.45, 2.75) is 31.9 Å². The largest absolute Gasteiger partial charge is 0.387 e. The number of fused-ring (bicyclic) bond motifs is 1. The number of piperidine rings is 1. The van der Waals surface area contributed by atoms with E-state index in [4.69, 9.17) is 4.98 Å². The fraction of sp³-hybridized carbons (Fsp3) is 0.348. The average Bonchev–Trinajstić information content (AvgIpc) is 2.74. The van der Waals surface area contributed by atoms with Crippen LogP contribution in [0.25, 0.3) is 10.9 Å². The van der Waals surface area contributed by atoms with Crippen LogP contribution in [-0.4, -0.2) is 29.7 Å². The maximum atomic E-state index is 13.9. The van der Waals surface area contributed by atoms with Crippen LogP contribution in [0.2, 0.25) is 0 Å². The van der Waals surface area contributed by atoms with Gasteiger partial charge in [-0.05, 0) is 37.5 Å². The zero-order valence-electron chi connectivity index (χ0n) is 15.9. The zero-order chi connectivity index (χ0) is 19.3. The minimum atomic E-state index is -0.881. The highest BCUT2D eigenvalue weighted by Crippen LogP contribution is 2.26. The van der Waals surface area contributed by atoms with Gasteiger partial charge in [-0.2, -0.15) is 0 Å². The van der Waals surface area contributed by atoms with Crippen molar-refractivity contribution in [2.24, 2.45) is 0 Å². The second-order valence-electron chi connectivity index (χ2n) is 7.38. The fourth-order valence-electron chi connectivity index (χ4n) is 3.86. The van der Waals surface area contributed by atoms with E-state index in [0.29, 0.717) is 12.1 Å². The predicted molar refractivity (Wildman–Crippen MR) is 111 cm³/mol. The summed E-state index contributed by atoms with van der Waals surface area (Å²) in [5.74, 6) is 0.643. The first kappa shape index (κ1) is 18.8. The van der Waals surface area contributed by atoms with Gasteiger partial charge < -0.3 is 15.3 Å². The van der Waals surface area contributed by atoms with Gasteiger partial charge >= 0.3 is 0 Å². The number of hydrogen-bond acceptors (Lipinski definition) is 4. The van der Waals surface area contributed by atoms with E-state index in [1.807, 2.05) is 18.2 Å². The number of aliphatic hydroxyl groups excluding tert-OH is 1. The quantitative estimate of drug-likeness (QED) is 0.674. The number of halogens is 1. The summed E-state index contributed by atoms with van der Waals surface area (Å²) in [6, 6.07) is 16.7. The summed E-state index contributed by atoms with van der Waals surface area (Å²) < 4.78 is 13.9. The molecule has 28 heavy (non-hydrogen) atoms. The maximum absolute atomic E-state index is 13.9. The monoisotopic (exact) mass is 379 g/mol. The second kappa shape index (κ2) is 8.67. The van der Waals surface area contributed by atoms with E-state index < -0.39 is 6.10 Å². The van der Waals surface area contributed by atoms with Gasteiger partial charge in [-0.25, -0.2) is 9.37 Å². The lowest BCUT2D eigenvalue weighted by atomic mass is 10.1. The third kappa shape index (κ3) is 4.16. The van der Waals surface area contributed by atoms with Crippen molar-refractivity contribution in [2.75, 3.05) is 24.5 Å². The molecular formula is C23H26FN3O. The van der Waals surface area contributed by atoms with Crippen molar-refractivity contribution in [3.05, 3.63) is 71.5 Å². The van der Waals surface area contributed by atoms with Gasteiger partial charge in [0.2, 0.25) is 0 Å². The SMILES string of the molecule is OC(CNCc1cc2ccccc2nc1N1CCCCC1)c1ccccc1F. The van der Waals surface area contributed by atoms with Crippen LogP contribution in [0.3, 0.4) is 0 Å². The maximum Gasteiger partial charge on any atom is 0.133 e. The minimum Gasteiger partial charge on any atom is -0.387 e. The van der Waals surface area contributed by atoms with Crippen LogP contribution < -0.4 is 10.2 Å². The Kier molecular flexibility index (Phi) is 5.84. The molecule has 2 heterocycles. The van der Waals surface area contributed by atoms with E-state index in [9.17, 15) is 9.50 Å². The van der Waals surface area contributed by atoms with E-state index in [2.05, 4.69) is 22.3 Å². The predicted octanol–water partition coefficient (Wildman–Crippen LogP) is 4.19. The number of pyridine rings is 1. The first-order valence-electron chi connectivity index (χ1n) is 9.99. The smallest absolute Gasteiger partial charge is 0.133 e. The first-order chi connectivity index (χ1) is 13.7. The molecule has 1 saturated heterocycles. The highest BCUT2D eigenvalue weighted by Gasteiger charge is 2.18. The van der Waals surface area contributed by atoms with Gasteiger partial charge in [0.05, 0.1) is 11.6 Å². The van der Waals surface area contributed by atoms with Gasteiger partial charge in [-0.15, -0.1) is 0 Å². The molecule has 2 aromatic carbocycles. The Morgan fingerprint density at radius 3 is 2.61 bits per heavy atom. The molecule has 4 rings (SSSR count). The standard InChI is InChI=1S/C23H26FN3O/c24-20-10-4-3-9-19(20)22(28)16-25-15-18-14-17-8-2-5-11-21(17)26-23(18)27-12-6-1-7-13-27/h2-5,8-11,14,22,25,28H,1,6-7,12-13,15-16H2. The van der Waals surface area contributed by atoms with Gasteiger partial charge in [0.1, 0.15) is 11.6 Å². The zero-order valence-corrected chi connectivity index (χ0v) is 15.9. The van der Waals surface area contributed by atoms with Crippen molar-refractivity contribution in [1.82, 2.24) is 10.3 Å². The average molecular weight is 379 g/mol. The van der Waals surface area contributed by atoms with Crippen molar-refractivity contribution in [1.29, 1.82) is 0 Å². The van der Waals surface area contributed by atoms with Gasteiger partial charge in [0.15, 0.2) is 0 Å². The van der Waals surface area contributed by atoms with E-state index in [1.165, 1.54) is 25.3 Å². The molecular weight excluding hydrogens is 353 g/mol. The molecule has 146 valence electrons. The lowest BCUT2D eigenvalue weighted by Gasteiger charge is -2.30. The number of rotatable bonds is 6. The number of aromatic nitrogens is 1. The Labute approximate surface area is 165 Å². The molecule has 1 atom stereocenters. The van der Waals surface area contributed by atoms with Gasteiger partial charge in [0, 0.05) is 42.7 Å². The molecule has 1 unspecified atom stereocenters. The van der Waals surface area contributed by atoms with Gasteiger partial charge in [-0.1, -0.05) is 36.4 Å². The van der Waals surface area contributed by atoms with Crippen LogP contribution in [0.1, 0.15) is 36.5 Å². The Hall–Kier alpha value is -2.50. The number of nitrogens with one attached hydrogen (secondary N) is 1. The molecule has 1 aliphatic rings. The first-order valence-corrected chi connectivity index (χ1v) is 9.99. The minimum absolute atomic E-state index is 0.285. The fourth-order valence-corrected chi connectivity index (χ4v) is 3.86. The van der Waals surface area contributed by atoms with Crippen molar-refractivity contribution in [3.8, 4) is 0 Å². The van der Waals surface area contributed by atoms with E-state index in [-0.39, 0.29) is 12.4 Å². The molecule has 4 nitrogen and oxygen atoms in total. The number of nitrogens with zero attached hydrogens (tertiary/aromatic N) is 2. The number of benzene rings is 2. The molecule has 1 aromatic heterocycles. The highest BCUT2D eigenvalue weighted by molar-refractivity contribution is 5.81. The van der Waals surface area contributed by atoms with Crippen molar-refractivity contribution < 1.29 is 9.50 Å². The van der Waals surface area contributed by atoms with Crippen molar-refractivity contribution >= 4 is 16.7 Å². The molecule has 0 bridgehead atoms. The summed E-state index contributed by atoms with van der Waals surface area (Å²) in [5.41, 5.74) is 2.43. The van der Waals surface area contributed by atoms with E-state index in [0.717, 1.165) is 35.4 Å². The van der Waals surface area contributed by atoms with Crippen molar-refractivity contribution in [3.63, 3.8) is 0 Å². The Morgan fingerprint density at radius 1 is 1.04 bits per heavy atom.